The highest BCUT2D eigenvalue weighted by molar-refractivity contribution is 7.86. The first-order chi connectivity index (χ1) is 11.0. The summed E-state index contributed by atoms with van der Waals surface area (Å²) in [5, 5.41) is 0. The van der Waals surface area contributed by atoms with E-state index >= 15 is 0 Å². The molecule has 5 heteroatoms. The van der Waals surface area contributed by atoms with E-state index in [9.17, 15) is 0 Å². The SMILES string of the molecule is CO/C(C)=[P+](Cl)/C=C(\C)N1CCN(CC2CCCCC2)[C@H](C)C1. The van der Waals surface area contributed by atoms with Crippen LogP contribution < -0.4 is 0 Å². The average molecular weight is 360 g/mol. The minimum Gasteiger partial charge on any atom is -0.369 e. The lowest BCUT2D eigenvalue weighted by molar-refractivity contribution is 0.0815. The van der Waals surface area contributed by atoms with Crippen LogP contribution in [0.3, 0.4) is 0 Å². The lowest BCUT2D eigenvalue weighted by Gasteiger charge is -2.42. The van der Waals surface area contributed by atoms with Crippen molar-refractivity contribution in [2.24, 2.45) is 5.92 Å². The fraction of sp³-hybridized carbons (Fsp3) is 0.833. The highest BCUT2D eigenvalue weighted by Gasteiger charge is 2.27. The molecule has 1 saturated heterocycles. The molecule has 2 aliphatic rings. The number of methoxy groups -OCH3 is 1. The maximum atomic E-state index is 6.43. The van der Waals surface area contributed by atoms with E-state index < -0.39 is 6.90 Å². The minimum absolute atomic E-state index is 0.628. The maximum Gasteiger partial charge on any atom is 0.269 e. The van der Waals surface area contributed by atoms with Crippen LogP contribution in [0.1, 0.15) is 52.9 Å². The largest absolute Gasteiger partial charge is 0.369 e. The van der Waals surface area contributed by atoms with E-state index in [1.54, 1.807) is 7.11 Å². The molecule has 1 heterocycles. The molecule has 132 valence electrons. The summed E-state index contributed by atoms with van der Waals surface area (Å²) < 4.78 is 5.27. The Morgan fingerprint density at radius 1 is 1.22 bits per heavy atom. The molecule has 23 heavy (non-hydrogen) atoms. The predicted molar refractivity (Wildman–Crippen MR) is 103 cm³/mol. The zero-order chi connectivity index (χ0) is 16.8. The Morgan fingerprint density at radius 2 is 1.91 bits per heavy atom. The molecule has 0 spiro atoms. The van der Waals surface area contributed by atoms with Gasteiger partial charge in [0.2, 0.25) is 5.48 Å². The van der Waals surface area contributed by atoms with Crippen LogP contribution in [0.25, 0.3) is 0 Å². The molecule has 0 N–H and O–H groups in total. The first kappa shape index (κ1) is 19.2. The Morgan fingerprint density at radius 3 is 2.52 bits per heavy atom. The average Bonchev–Trinajstić information content (AvgIpc) is 2.56. The van der Waals surface area contributed by atoms with Crippen LogP contribution in [0.4, 0.5) is 0 Å². The van der Waals surface area contributed by atoms with Crippen molar-refractivity contribution in [2.45, 2.75) is 58.9 Å². The number of allylic oxidation sites excluding steroid dienone is 1. The maximum absolute atomic E-state index is 6.43. The van der Waals surface area contributed by atoms with Crippen LogP contribution in [0, 0.1) is 5.92 Å². The van der Waals surface area contributed by atoms with E-state index in [1.165, 1.54) is 50.9 Å². The molecular weight excluding hydrogens is 327 g/mol. The van der Waals surface area contributed by atoms with Gasteiger partial charge in [0, 0.05) is 46.3 Å². The Kier molecular flexibility index (Phi) is 7.88. The van der Waals surface area contributed by atoms with Crippen LogP contribution in [0.5, 0.6) is 0 Å². The van der Waals surface area contributed by atoms with E-state index in [4.69, 9.17) is 16.0 Å². The van der Waals surface area contributed by atoms with Gasteiger partial charge >= 0.3 is 0 Å². The molecule has 2 rings (SSSR count). The standard InChI is InChI=1S/C18H33ClN2OP/c1-15-12-20(16(2)14-23(19)17(3)22-4)10-11-21(15)13-18-8-6-5-7-9-18/h14-15,18H,5-13H2,1-4H3/q+1/b16-14+/t15-/m1/s1. The lowest BCUT2D eigenvalue weighted by atomic mass is 9.88. The van der Waals surface area contributed by atoms with Crippen molar-refractivity contribution in [1.29, 1.82) is 0 Å². The van der Waals surface area contributed by atoms with E-state index in [0.717, 1.165) is 24.5 Å². The van der Waals surface area contributed by atoms with Crippen molar-refractivity contribution in [2.75, 3.05) is 33.3 Å². The first-order valence-corrected chi connectivity index (χ1v) is 11.3. The minimum atomic E-state index is -0.796. The quantitative estimate of drug-likeness (QED) is 0.651. The third kappa shape index (κ3) is 5.74. The monoisotopic (exact) mass is 359 g/mol. The van der Waals surface area contributed by atoms with Gasteiger partial charge in [-0.2, -0.15) is 0 Å². The smallest absolute Gasteiger partial charge is 0.269 e. The van der Waals surface area contributed by atoms with Gasteiger partial charge in [0.05, 0.1) is 5.70 Å². The molecule has 0 aromatic rings. The molecular formula is C18H33ClN2OP+. The molecule has 0 bridgehead atoms. The zero-order valence-corrected chi connectivity index (χ0v) is 16.9. The molecule has 2 fully saturated rings. The summed E-state index contributed by atoms with van der Waals surface area (Å²) in [5.41, 5.74) is 2.22. The third-order valence-electron chi connectivity index (χ3n) is 5.38. The number of nitrogens with zero attached hydrogens (tertiary/aromatic N) is 2. The van der Waals surface area contributed by atoms with E-state index in [0.29, 0.717) is 6.04 Å². The number of hydrogen-bond donors (Lipinski definition) is 0. The Hall–Kier alpha value is -0.0800. The van der Waals surface area contributed by atoms with Gasteiger partial charge in [-0.25, -0.2) is 0 Å². The van der Waals surface area contributed by atoms with Crippen molar-refractivity contribution in [1.82, 2.24) is 9.80 Å². The summed E-state index contributed by atoms with van der Waals surface area (Å²) in [6, 6.07) is 0.628. The topological polar surface area (TPSA) is 15.7 Å². The third-order valence-corrected chi connectivity index (χ3v) is 7.77. The molecule has 2 atom stereocenters. The van der Waals surface area contributed by atoms with Gasteiger partial charge in [0.1, 0.15) is 0 Å². The molecule has 1 aliphatic heterocycles. The summed E-state index contributed by atoms with van der Waals surface area (Å²) in [4.78, 5) is 5.19. The van der Waals surface area contributed by atoms with E-state index in [-0.39, 0.29) is 0 Å². The molecule has 1 unspecified atom stereocenters. The molecule has 0 amide bonds. The van der Waals surface area contributed by atoms with Crippen molar-refractivity contribution in [3.8, 4) is 0 Å². The van der Waals surface area contributed by atoms with Gasteiger partial charge in [0.25, 0.3) is 6.90 Å². The van der Waals surface area contributed by atoms with Gasteiger partial charge in [-0.1, -0.05) is 19.3 Å². The molecule has 0 radical (unpaired) electrons. The normalized spacial score (nSPS) is 26.4. The second-order valence-corrected chi connectivity index (χ2v) is 9.70. The van der Waals surface area contributed by atoms with Gasteiger partial charge in [0.15, 0.2) is 17.1 Å². The summed E-state index contributed by atoms with van der Waals surface area (Å²) in [7, 11) is 1.70. The van der Waals surface area contributed by atoms with Crippen molar-refractivity contribution < 1.29 is 4.74 Å². The van der Waals surface area contributed by atoms with Gasteiger partial charge < -0.3 is 9.64 Å². The first-order valence-electron chi connectivity index (χ1n) is 9.01. The van der Waals surface area contributed by atoms with Gasteiger partial charge in [-0.15, -0.1) is 0 Å². The number of hydrogen-bond acceptors (Lipinski definition) is 3. The lowest BCUT2D eigenvalue weighted by Crippen LogP contribution is -2.52. The highest BCUT2D eigenvalue weighted by atomic mass is 35.7. The molecule has 1 aliphatic carbocycles. The van der Waals surface area contributed by atoms with Crippen LogP contribution >= 0.6 is 18.1 Å². The fourth-order valence-electron chi connectivity index (χ4n) is 3.71. The second-order valence-electron chi connectivity index (χ2n) is 7.10. The van der Waals surface area contributed by atoms with Crippen molar-refractivity contribution in [3.63, 3.8) is 0 Å². The summed E-state index contributed by atoms with van der Waals surface area (Å²) in [6.07, 6.45) is 7.21. The van der Waals surface area contributed by atoms with E-state index in [2.05, 4.69) is 29.5 Å². The number of ether oxygens (including phenoxy) is 1. The number of halogens is 1. The number of rotatable bonds is 5. The van der Waals surface area contributed by atoms with Crippen LogP contribution in [0.15, 0.2) is 11.5 Å². The van der Waals surface area contributed by atoms with Gasteiger partial charge in [-0.05, 0) is 32.6 Å². The molecule has 0 aromatic carbocycles. The Labute approximate surface area is 148 Å². The molecule has 3 nitrogen and oxygen atoms in total. The number of piperazine rings is 1. The Balaban J connectivity index is 1.88. The van der Waals surface area contributed by atoms with Crippen molar-refractivity contribution in [3.05, 3.63) is 11.5 Å². The summed E-state index contributed by atoms with van der Waals surface area (Å²) in [6.45, 7) is 10.4. The zero-order valence-electron chi connectivity index (χ0n) is 15.2. The van der Waals surface area contributed by atoms with E-state index in [1.807, 2.05) is 6.92 Å². The Bertz CT molecular complexity index is 446. The summed E-state index contributed by atoms with van der Waals surface area (Å²) >= 11 is 6.43. The second kappa shape index (κ2) is 9.42. The van der Waals surface area contributed by atoms with Crippen LogP contribution in [-0.4, -0.2) is 54.6 Å². The fourth-order valence-corrected chi connectivity index (χ4v) is 5.19. The molecule has 1 saturated carbocycles. The highest BCUT2D eigenvalue weighted by Crippen LogP contribution is 2.35. The van der Waals surface area contributed by atoms with Crippen LogP contribution in [0.2, 0.25) is 0 Å². The molecule has 0 aromatic heterocycles. The van der Waals surface area contributed by atoms with Crippen molar-refractivity contribution >= 4 is 23.6 Å². The summed E-state index contributed by atoms with van der Waals surface area (Å²) in [5.74, 6) is 3.11. The predicted octanol–water partition coefficient (Wildman–Crippen LogP) is 4.87. The van der Waals surface area contributed by atoms with Gasteiger partial charge in [-0.3, -0.25) is 4.90 Å². The van der Waals surface area contributed by atoms with Crippen LogP contribution in [-0.2, 0) is 4.74 Å².